The third kappa shape index (κ3) is 4.80. The van der Waals surface area contributed by atoms with Crippen molar-refractivity contribution in [3.05, 3.63) is 65.9 Å². The van der Waals surface area contributed by atoms with Gasteiger partial charge in [0.05, 0.1) is 0 Å². The lowest BCUT2D eigenvalue weighted by molar-refractivity contribution is -0.114. The first-order valence-electron chi connectivity index (χ1n) is 8.32. The lowest BCUT2D eigenvalue weighted by atomic mass is 10.2. The van der Waals surface area contributed by atoms with Gasteiger partial charge in [-0.3, -0.25) is 4.79 Å². The Kier molecular flexibility index (Phi) is 5.12. The predicted octanol–water partition coefficient (Wildman–Crippen LogP) is 4.54. The highest BCUT2D eigenvalue weighted by Crippen LogP contribution is 2.21. The number of nitrogens with one attached hydrogen (secondary N) is 3. The molecule has 0 spiro atoms. The van der Waals surface area contributed by atoms with Crippen molar-refractivity contribution in [2.45, 2.75) is 20.8 Å². The molecule has 0 atom stereocenters. The number of nitrogens with zero attached hydrogens (tertiary/aromatic N) is 2. The van der Waals surface area contributed by atoms with E-state index in [0.717, 1.165) is 28.3 Å². The second kappa shape index (κ2) is 7.65. The van der Waals surface area contributed by atoms with Crippen LogP contribution in [0.2, 0.25) is 0 Å². The number of amides is 1. The summed E-state index contributed by atoms with van der Waals surface area (Å²) in [6, 6.07) is 17.4. The Hall–Kier alpha value is -3.41. The fraction of sp³-hybridized carbons (Fsp3) is 0.150. The average Bonchev–Trinajstić information content (AvgIpc) is 2.54. The van der Waals surface area contributed by atoms with E-state index < -0.39 is 0 Å². The molecule has 3 rings (SSSR count). The van der Waals surface area contributed by atoms with Crippen molar-refractivity contribution in [1.29, 1.82) is 0 Å². The summed E-state index contributed by atoms with van der Waals surface area (Å²) >= 11 is 0. The molecule has 0 aliphatic carbocycles. The van der Waals surface area contributed by atoms with Crippen LogP contribution in [0, 0.1) is 13.8 Å². The number of aromatic nitrogens is 2. The normalized spacial score (nSPS) is 10.3. The van der Waals surface area contributed by atoms with Crippen LogP contribution >= 0.6 is 0 Å². The van der Waals surface area contributed by atoms with Crippen molar-refractivity contribution in [3.63, 3.8) is 0 Å². The van der Waals surface area contributed by atoms with Gasteiger partial charge in [0.1, 0.15) is 5.82 Å². The van der Waals surface area contributed by atoms with E-state index in [1.54, 1.807) is 0 Å². The lowest BCUT2D eigenvalue weighted by Crippen LogP contribution is -2.06. The van der Waals surface area contributed by atoms with Gasteiger partial charge < -0.3 is 16.0 Å². The summed E-state index contributed by atoms with van der Waals surface area (Å²) in [6.07, 6.45) is 0. The van der Waals surface area contributed by atoms with Gasteiger partial charge in [-0.15, -0.1) is 0 Å². The van der Waals surface area contributed by atoms with Crippen LogP contribution in [-0.2, 0) is 4.79 Å². The molecule has 1 heterocycles. The molecule has 0 saturated carbocycles. The molecular formula is C20H21N5O. The first kappa shape index (κ1) is 17.4. The van der Waals surface area contributed by atoms with E-state index in [9.17, 15) is 4.79 Å². The van der Waals surface area contributed by atoms with Gasteiger partial charge in [0.25, 0.3) is 0 Å². The second-order valence-corrected chi connectivity index (χ2v) is 6.10. The Balaban J connectivity index is 1.80. The third-order valence-electron chi connectivity index (χ3n) is 3.58. The van der Waals surface area contributed by atoms with E-state index in [0.29, 0.717) is 11.8 Å². The second-order valence-electron chi connectivity index (χ2n) is 6.10. The van der Waals surface area contributed by atoms with E-state index in [1.165, 1.54) is 6.92 Å². The number of hydrogen-bond acceptors (Lipinski definition) is 5. The maximum atomic E-state index is 11.2. The molecule has 0 aliphatic rings. The summed E-state index contributed by atoms with van der Waals surface area (Å²) in [4.78, 5) is 20.2. The van der Waals surface area contributed by atoms with E-state index in [2.05, 4.69) is 25.9 Å². The average molecular weight is 347 g/mol. The zero-order chi connectivity index (χ0) is 18.5. The van der Waals surface area contributed by atoms with Gasteiger partial charge in [0.2, 0.25) is 11.9 Å². The highest BCUT2D eigenvalue weighted by atomic mass is 16.1. The summed E-state index contributed by atoms with van der Waals surface area (Å²) in [6.45, 7) is 5.44. The highest BCUT2D eigenvalue weighted by Gasteiger charge is 2.05. The van der Waals surface area contributed by atoms with Crippen LogP contribution < -0.4 is 16.0 Å². The van der Waals surface area contributed by atoms with E-state index in [1.807, 2.05) is 68.4 Å². The summed E-state index contributed by atoms with van der Waals surface area (Å²) in [5.74, 6) is 1.09. The van der Waals surface area contributed by atoms with E-state index in [-0.39, 0.29) is 5.91 Å². The van der Waals surface area contributed by atoms with Crippen molar-refractivity contribution in [2.24, 2.45) is 0 Å². The fourth-order valence-corrected chi connectivity index (χ4v) is 2.57. The van der Waals surface area contributed by atoms with Gasteiger partial charge in [-0.05, 0) is 49.7 Å². The molecule has 0 bridgehead atoms. The molecule has 0 unspecified atom stereocenters. The van der Waals surface area contributed by atoms with Crippen LogP contribution in [-0.4, -0.2) is 15.9 Å². The maximum Gasteiger partial charge on any atom is 0.229 e. The SMILES string of the molecule is CC(=O)Nc1cccc(Nc2cc(C)nc(Nc3cccc(C)c3)n2)c1. The molecule has 6 heteroatoms. The molecule has 1 aromatic heterocycles. The van der Waals surface area contributed by atoms with Crippen LogP contribution in [0.4, 0.5) is 28.8 Å². The lowest BCUT2D eigenvalue weighted by Gasteiger charge is -2.11. The molecule has 2 aromatic carbocycles. The molecule has 3 N–H and O–H groups in total. The molecule has 0 aliphatic heterocycles. The quantitative estimate of drug-likeness (QED) is 0.631. The van der Waals surface area contributed by atoms with Crippen LogP contribution in [0.3, 0.4) is 0 Å². The number of aryl methyl sites for hydroxylation is 2. The largest absolute Gasteiger partial charge is 0.340 e. The minimum atomic E-state index is -0.107. The minimum absolute atomic E-state index is 0.107. The number of carbonyl (C=O) groups excluding carboxylic acids is 1. The third-order valence-corrected chi connectivity index (χ3v) is 3.58. The van der Waals surface area contributed by atoms with Crippen molar-refractivity contribution >= 4 is 34.7 Å². The van der Waals surface area contributed by atoms with Crippen molar-refractivity contribution in [1.82, 2.24) is 9.97 Å². The fourth-order valence-electron chi connectivity index (χ4n) is 2.57. The number of rotatable bonds is 5. The zero-order valence-corrected chi connectivity index (χ0v) is 15.0. The van der Waals surface area contributed by atoms with Gasteiger partial charge in [-0.25, -0.2) is 4.98 Å². The zero-order valence-electron chi connectivity index (χ0n) is 15.0. The van der Waals surface area contributed by atoms with Crippen LogP contribution in [0.1, 0.15) is 18.2 Å². The summed E-state index contributed by atoms with van der Waals surface area (Å²) in [5, 5.41) is 9.25. The number of carbonyl (C=O) groups is 1. The van der Waals surface area contributed by atoms with Gasteiger partial charge >= 0.3 is 0 Å². The van der Waals surface area contributed by atoms with Gasteiger partial charge in [-0.1, -0.05) is 18.2 Å². The van der Waals surface area contributed by atoms with Crippen molar-refractivity contribution in [3.8, 4) is 0 Å². The molecule has 6 nitrogen and oxygen atoms in total. The van der Waals surface area contributed by atoms with Crippen molar-refractivity contribution in [2.75, 3.05) is 16.0 Å². The summed E-state index contributed by atoms with van der Waals surface area (Å²) < 4.78 is 0. The molecule has 26 heavy (non-hydrogen) atoms. The molecule has 0 saturated heterocycles. The number of anilines is 5. The Morgan fingerprint density at radius 3 is 2.27 bits per heavy atom. The molecule has 1 amide bonds. The minimum Gasteiger partial charge on any atom is -0.340 e. The summed E-state index contributed by atoms with van der Waals surface area (Å²) in [7, 11) is 0. The van der Waals surface area contributed by atoms with Crippen LogP contribution in [0.15, 0.2) is 54.6 Å². The Morgan fingerprint density at radius 2 is 1.54 bits per heavy atom. The predicted molar refractivity (Wildman–Crippen MR) is 105 cm³/mol. The summed E-state index contributed by atoms with van der Waals surface area (Å²) in [5.41, 5.74) is 4.50. The Morgan fingerprint density at radius 1 is 0.846 bits per heavy atom. The maximum absolute atomic E-state index is 11.2. The van der Waals surface area contributed by atoms with Crippen LogP contribution in [0.25, 0.3) is 0 Å². The topological polar surface area (TPSA) is 78.9 Å². The van der Waals surface area contributed by atoms with Crippen molar-refractivity contribution < 1.29 is 4.79 Å². The molecular weight excluding hydrogens is 326 g/mol. The van der Waals surface area contributed by atoms with Gasteiger partial charge in [0.15, 0.2) is 0 Å². The monoisotopic (exact) mass is 347 g/mol. The molecule has 0 fully saturated rings. The smallest absolute Gasteiger partial charge is 0.229 e. The molecule has 0 radical (unpaired) electrons. The Labute approximate surface area is 152 Å². The molecule has 132 valence electrons. The number of hydrogen-bond donors (Lipinski definition) is 3. The van der Waals surface area contributed by atoms with Gasteiger partial charge in [-0.2, -0.15) is 4.98 Å². The van der Waals surface area contributed by atoms with E-state index >= 15 is 0 Å². The number of benzene rings is 2. The Bertz CT molecular complexity index is 939. The molecule has 3 aromatic rings. The highest BCUT2D eigenvalue weighted by molar-refractivity contribution is 5.89. The van der Waals surface area contributed by atoms with Crippen LogP contribution in [0.5, 0.6) is 0 Å². The first-order chi connectivity index (χ1) is 12.5. The van der Waals surface area contributed by atoms with E-state index in [4.69, 9.17) is 0 Å². The standard InChI is InChI=1S/C20H21N5O/c1-13-6-4-7-16(10-13)24-20-21-14(2)11-19(25-20)23-18-9-5-8-17(12-18)22-15(3)26/h4-12H,1-3H3,(H,22,26)(H2,21,23,24,25). The van der Waals surface area contributed by atoms with Gasteiger partial charge in [0, 0.05) is 35.7 Å². The first-order valence-corrected chi connectivity index (χ1v) is 8.32.